The van der Waals surface area contributed by atoms with E-state index >= 15 is 0 Å². The number of nitrogens with zero attached hydrogens (tertiary/aromatic N) is 1. The molecule has 24 heavy (non-hydrogen) atoms. The summed E-state index contributed by atoms with van der Waals surface area (Å²) in [5.74, 6) is -0.184. The molecule has 2 aliphatic heterocycles. The van der Waals surface area contributed by atoms with Crippen LogP contribution >= 0.6 is 0 Å². The second-order valence-electron chi connectivity index (χ2n) is 7.37. The van der Waals surface area contributed by atoms with E-state index in [1.807, 2.05) is 0 Å². The second-order valence-corrected chi connectivity index (χ2v) is 7.37. The predicted octanol–water partition coefficient (Wildman–Crippen LogP) is 2.23. The SMILES string of the molecule is O=C(N[C@@H]1COC[C@H]1N1CCCCC1)C1(c2ccc(F)cc2)CC1. The highest BCUT2D eigenvalue weighted by Gasteiger charge is 2.52. The zero-order valence-electron chi connectivity index (χ0n) is 14.0. The lowest BCUT2D eigenvalue weighted by molar-refractivity contribution is -0.124. The summed E-state index contributed by atoms with van der Waals surface area (Å²) in [6.45, 7) is 3.49. The lowest BCUT2D eigenvalue weighted by Gasteiger charge is -2.35. The summed E-state index contributed by atoms with van der Waals surface area (Å²) in [6.07, 6.45) is 5.45. The number of amides is 1. The molecule has 2 atom stereocenters. The summed E-state index contributed by atoms with van der Waals surface area (Å²) in [5, 5.41) is 3.24. The molecule has 0 bridgehead atoms. The Bertz CT molecular complexity index is 594. The zero-order valence-corrected chi connectivity index (χ0v) is 14.0. The van der Waals surface area contributed by atoms with Crippen molar-refractivity contribution in [1.82, 2.24) is 10.2 Å². The molecule has 1 saturated carbocycles. The summed E-state index contributed by atoms with van der Waals surface area (Å²) in [5.41, 5.74) is 0.470. The zero-order chi connectivity index (χ0) is 16.6. The number of hydrogen-bond donors (Lipinski definition) is 1. The number of carbonyl (C=O) groups excluding carboxylic acids is 1. The van der Waals surface area contributed by atoms with E-state index in [4.69, 9.17) is 4.74 Å². The van der Waals surface area contributed by atoms with Gasteiger partial charge < -0.3 is 10.1 Å². The standard InChI is InChI=1S/C19H25FN2O2/c20-15-6-4-14(5-7-15)19(8-9-19)18(23)21-16-12-24-13-17(16)22-10-2-1-3-11-22/h4-7,16-17H,1-3,8-13H2,(H,21,23)/t16-,17-/m1/s1. The number of ether oxygens (including phenoxy) is 1. The fourth-order valence-electron chi connectivity index (χ4n) is 4.14. The van der Waals surface area contributed by atoms with Crippen LogP contribution in [0.1, 0.15) is 37.7 Å². The Balaban J connectivity index is 1.44. The van der Waals surface area contributed by atoms with Crippen LogP contribution in [-0.4, -0.2) is 49.2 Å². The molecule has 1 amide bonds. The normalized spacial score (nSPS) is 29.4. The first-order chi connectivity index (χ1) is 11.7. The average molecular weight is 332 g/mol. The van der Waals surface area contributed by atoms with Crippen LogP contribution in [0.3, 0.4) is 0 Å². The van der Waals surface area contributed by atoms with Crippen molar-refractivity contribution >= 4 is 5.91 Å². The summed E-state index contributed by atoms with van der Waals surface area (Å²) in [7, 11) is 0. The first-order valence-corrected chi connectivity index (χ1v) is 9.08. The van der Waals surface area contributed by atoms with E-state index in [9.17, 15) is 9.18 Å². The molecule has 2 heterocycles. The number of hydrogen-bond acceptors (Lipinski definition) is 3. The minimum absolute atomic E-state index is 0.0634. The van der Waals surface area contributed by atoms with E-state index in [0.29, 0.717) is 19.3 Å². The highest BCUT2D eigenvalue weighted by atomic mass is 19.1. The number of halogens is 1. The van der Waals surface area contributed by atoms with Gasteiger partial charge >= 0.3 is 0 Å². The van der Waals surface area contributed by atoms with Gasteiger partial charge in [0.05, 0.1) is 30.7 Å². The van der Waals surface area contributed by atoms with Crippen molar-refractivity contribution < 1.29 is 13.9 Å². The number of benzene rings is 1. The predicted molar refractivity (Wildman–Crippen MR) is 89.3 cm³/mol. The van der Waals surface area contributed by atoms with Crippen molar-refractivity contribution in [1.29, 1.82) is 0 Å². The highest BCUT2D eigenvalue weighted by Crippen LogP contribution is 2.48. The fraction of sp³-hybridized carbons (Fsp3) is 0.632. The molecular weight excluding hydrogens is 307 g/mol. The maximum atomic E-state index is 13.2. The van der Waals surface area contributed by atoms with Crippen molar-refractivity contribution in [2.75, 3.05) is 26.3 Å². The van der Waals surface area contributed by atoms with Gasteiger partial charge in [-0.15, -0.1) is 0 Å². The van der Waals surface area contributed by atoms with Crippen LogP contribution in [0.4, 0.5) is 4.39 Å². The maximum Gasteiger partial charge on any atom is 0.231 e. The third-order valence-electron chi connectivity index (χ3n) is 5.81. The van der Waals surface area contributed by atoms with E-state index in [2.05, 4.69) is 10.2 Å². The average Bonchev–Trinajstić information content (AvgIpc) is 3.30. The van der Waals surface area contributed by atoms with E-state index < -0.39 is 5.41 Å². The number of rotatable bonds is 4. The van der Waals surface area contributed by atoms with Crippen LogP contribution in [0.2, 0.25) is 0 Å². The second kappa shape index (κ2) is 6.45. The Labute approximate surface area is 142 Å². The summed E-state index contributed by atoms with van der Waals surface area (Å²) >= 11 is 0. The molecule has 1 aromatic carbocycles. The molecule has 2 saturated heterocycles. The van der Waals surface area contributed by atoms with Crippen molar-refractivity contribution in [2.24, 2.45) is 0 Å². The van der Waals surface area contributed by atoms with Crippen LogP contribution in [0, 0.1) is 5.82 Å². The molecule has 3 aliphatic rings. The Morgan fingerprint density at radius 3 is 2.50 bits per heavy atom. The Morgan fingerprint density at radius 1 is 1.12 bits per heavy atom. The minimum Gasteiger partial charge on any atom is -0.378 e. The third kappa shape index (κ3) is 2.95. The molecule has 1 N–H and O–H groups in total. The molecule has 0 aromatic heterocycles. The minimum atomic E-state index is -0.456. The fourth-order valence-corrected chi connectivity index (χ4v) is 4.14. The topological polar surface area (TPSA) is 41.6 Å². The molecule has 4 nitrogen and oxygen atoms in total. The van der Waals surface area contributed by atoms with Gasteiger partial charge in [-0.25, -0.2) is 4.39 Å². The Morgan fingerprint density at radius 2 is 1.83 bits per heavy atom. The molecule has 0 radical (unpaired) electrons. The van der Waals surface area contributed by atoms with Gasteiger partial charge in [0.1, 0.15) is 5.82 Å². The molecule has 4 rings (SSSR count). The van der Waals surface area contributed by atoms with Gasteiger partial charge in [0, 0.05) is 0 Å². The number of piperidine rings is 1. The van der Waals surface area contributed by atoms with Crippen molar-refractivity contribution in [3.05, 3.63) is 35.6 Å². The summed E-state index contributed by atoms with van der Waals surface area (Å²) < 4.78 is 18.8. The van der Waals surface area contributed by atoms with Gasteiger partial charge in [0.2, 0.25) is 5.91 Å². The smallest absolute Gasteiger partial charge is 0.231 e. The summed E-state index contributed by atoms with van der Waals surface area (Å²) in [6, 6.07) is 6.73. The van der Waals surface area contributed by atoms with Crippen LogP contribution in [0.15, 0.2) is 24.3 Å². The molecule has 1 aromatic rings. The Kier molecular flexibility index (Phi) is 4.31. The van der Waals surface area contributed by atoms with E-state index in [0.717, 1.165) is 31.5 Å². The molecule has 0 unspecified atom stereocenters. The summed E-state index contributed by atoms with van der Waals surface area (Å²) in [4.78, 5) is 15.4. The Hall–Kier alpha value is -1.46. The van der Waals surface area contributed by atoms with Crippen LogP contribution < -0.4 is 5.32 Å². The molecule has 5 heteroatoms. The van der Waals surface area contributed by atoms with Crippen molar-refractivity contribution in [2.45, 2.75) is 49.6 Å². The molecule has 1 aliphatic carbocycles. The van der Waals surface area contributed by atoms with E-state index in [-0.39, 0.29) is 17.8 Å². The van der Waals surface area contributed by atoms with Crippen molar-refractivity contribution in [3.8, 4) is 0 Å². The van der Waals surface area contributed by atoms with Crippen molar-refractivity contribution in [3.63, 3.8) is 0 Å². The first kappa shape index (κ1) is 16.0. The monoisotopic (exact) mass is 332 g/mol. The van der Waals surface area contributed by atoms with Gasteiger partial charge in [0.25, 0.3) is 0 Å². The van der Waals surface area contributed by atoms with E-state index in [1.54, 1.807) is 12.1 Å². The molecular formula is C19H25FN2O2. The van der Waals surface area contributed by atoms with Crippen LogP contribution in [-0.2, 0) is 14.9 Å². The molecule has 3 fully saturated rings. The first-order valence-electron chi connectivity index (χ1n) is 9.08. The quantitative estimate of drug-likeness (QED) is 0.919. The van der Waals surface area contributed by atoms with Gasteiger partial charge in [-0.1, -0.05) is 18.6 Å². The van der Waals surface area contributed by atoms with Gasteiger partial charge in [-0.2, -0.15) is 0 Å². The number of likely N-dealkylation sites (tertiary alicyclic amines) is 1. The largest absolute Gasteiger partial charge is 0.378 e. The van der Waals surface area contributed by atoms with Gasteiger partial charge in [-0.3, -0.25) is 9.69 Å². The maximum absolute atomic E-state index is 13.2. The third-order valence-corrected chi connectivity index (χ3v) is 5.81. The molecule has 0 spiro atoms. The van der Waals surface area contributed by atoms with Gasteiger partial charge in [0.15, 0.2) is 0 Å². The molecule has 130 valence electrons. The van der Waals surface area contributed by atoms with Crippen LogP contribution in [0.5, 0.6) is 0 Å². The van der Waals surface area contributed by atoms with E-state index in [1.165, 1.54) is 31.4 Å². The lowest BCUT2D eigenvalue weighted by Crippen LogP contribution is -2.54. The van der Waals surface area contributed by atoms with Crippen LogP contribution in [0.25, 0.3) is 0 Å². The number of nitrogens with one attached hydrogen (secondary N) is 1. The lowest BCUT2D eigenvalue weighted by atomic mass is 9.94. The number of carbonyl (C=O) groups is 1. The highest BCUT2D eigenvalue weighted by molar-refractivity contribution is 5.91. The van der Waals surface area contributed by atoms with Gasteiger partial charge in [-0.05, 0) is 56.5 Å².